The summed E-state index contributed by atoms with van der Waals surface area (Å²) in [5.41, 5.74) is 3.35. The zero-order valence-electron chi connectivity index (χ0n) is 12.4. The van der Waals surface area contributed by atoms with Crippen molar-refractivity contribution < 1.29 is 0 Å². The molecule has 0 N–H and O–H groups in total. The Kier molecular flexibility index (Phi) is 4.80. The average molecular weight is 232 g/mol. The largest absolute Gasteiger partial charge is 0.0628 e. The van der Waals surface area contributed by atoms with Gasteiger partial charge in [0.25, 0.3) is 0 Å². The van der Waals surface area contributed by atoms with Gasteiger partial charge in [0.2, 0.25) is 0 Å². The first kappa shape index (κ1) is 14.3. The van der Waals surface area contributed by atoms with Gasteiger partial charge in [-0.3, -0.25) is 0 Å². The molecule has 0 spiro atoms. The van der Waals surface area contributed by atoms with Gasteiger partial charge in [0.1, 0.15) is 0 Å². The second kappa shape index (κ2) is 5.71. The maximum absolute atomic E-state index is 2.37. The molecule has 0 atom stereocenters. The van der Waals surface area contributed by atoms with Crippen molar-refractivity contribution in [3.63, 3.8) is 0 Å². The van der Waals surface area contributed by atoms with Crippen molar-refractivity contribution in [2.24, 2.45) is 11.8 Å². The Morgan fingerprint density at radius 3 is 2.12 bits per heavy atom. The van der Waals surface area contributed by atoms with Crippen molar-refractivity contribution >= 4 is 0 Å². The fourth-order valence-electron chi connectivity index (χ4n) is 2.12. The molecule has 0 heteroatoms. The van der Waals surface area contributed by atoms with Crippen LogP contribution in [0.5, 0.6) is 0 Å². The van der Waals surface area contributed by atoms with Crippen molar-refractivity contribution in [2.75, 3.05) is 0 Å². The molecule has 0 heterocycles. The van der Waals surface area contributed by atoms with Gasteiger partial charge in [0.15, 0.2) is 0 Å². The molecule has 0 radical (unpaired) electrons. The van der Waals surface area contributed by atoms with Crippen LogP contribution in [0.25, 0.3) is 0 Å². The first-order valence-electron chi connectivity index (χ1n) is 6.94. The molecule has 96 valence electrons. The highest BCUT2D eigenvalue weighted by atomic mass is 14.3. The van der Waals surface area contributed by atoms with Crippen molar-refractivity contribution in [3.05, 3.63) is 35.4 Å². The summed E-state index contributed by atoms with van der Waals surface area (Å²) in [6, 6.07) is 8.98. The molecule has 0 bridgehead atoms. The second-order valence-electron chi connectivity index (χ2n) is 6.47. The van der Waals surface area contributed by atoms with Gasteiger partial charge in [0.05, 0.1) is 0 Å². The van der Waals surface area contributed by atoms with E-state index >= 15 is 0 Å². The van der Waals surface area contributed by atoms with Gasteiger partial charge in [-0.25, -0.2) is 0 Å². The highest BCUT2D eigenvalue weighted by molar-refractivity contribution is 5.34. The van der Waals surface area contributed by atoms with E-state index in [9.17, 15) is 0 Å². The third-order valence-electron chi connectivity index (χ3n) is 4.15. The smallest absolute Gasteiger partial charge is 0.00778 e. The fraction of sp³-hybridized carbons (Fsp3) is 0.647. The maximum Gasteiger partial charge on any atom is -0.00778 e. The predicted molar refractivity (Wildman–Crippen MR) is 77.5 cm³/mol. The summed E-state index contributed by atoms with van der Waals surface area (Å²) in [5.74, 6) is 1.45. The lowest BCUT2D eigenvalue weighted by Crippen LogP contribution is -2.26. The molecule has 0 saturated heterocycles. The lowest BCUT2D eigenvalue weighted by atomic mass is 9.73. The molecule has 17 heavy (non-hydrogen) atoms. The Morgan fingerprint density at radius 2 is 1.59 bits per heavy atom. The number of hydrogen-bond donors (Lipinski definition) is 0. The molecule has 0 amide bonds. The highest BCUT2D eigenvalue weighted by Gasteiger charge is 2.26. The van der Waals surface area contributed by atoms with Gasteiger partial charge in [-0.2, -0.15) is 0 Å². The van der Waals surface area contributed by atoms with E-state index < -0.39 is 0 Å². The topological polar surface area (TPSA) is 0 Å². The van der Waals surface area contributed by atoms with Gasteiger partial charge in [0, 0.05) is 0 Å². The van der Waals surface area contributed by atoms with E-state index in [-0.39, 0.29) is 5.41 Å². The van der Waals surface area contributed by atoms with Crippen LogP contribution in [0.1, 0.15) is 59.1 Å². The van der Waals surface area contributed by atoms with Gasteiger partial charge < -0.3 is 0 Å². The van der Waals surface area contributed by atoms with Gasteiger partial charge in [-0.05, 0) is 41.2 Å². The van der Waals surface area contributed by atoms with Gasteiger partial charge in [-0.1, -0.05) is 65.8 Å². The maximum atomic E-state index is 2.37. The summed E-state index contributed by atoms with van der Waals surface area (Å²) in [7, 11) is 0. The molecule has 0 saturated carbocycles. The molecule has 1 aromatic rings. The van der Waals surface area contributed by atoms with E-state index in [1.165, 1.54) is 18.4 Å². The van der Waals surface area contributed by atoms with Crippen molar-refractivity contribution in [3.8, 4) is 0 Å². The Bertz CT molecular complexity index is 345. The third-order valence-corrected chi connectivity index (χ3v) is 4.15. The molecule has 0 nitrogen and oxygen atoms in total. The van der Waals surface area contributed by atoms with E-state index in [0.717, 1.165) is 5.92 Å². The highest BCUT2D eigenvalue weighted by Crippen LogP contribution is 2.34. The summed E-state index contributed by atoms with van der Waals surface area (Å²) in [6.45, 7) is 14.0. The minimum Gasteiger partial charge on any atom is -0.0628 e. The van der Waals surface area contributed by atoms with Crippen LogP contribution in [0.2, 0.25) is 0 Å². The molecule has 0 aliphatic carbocycles. The van der Waals surface area contributed by atoms with Gasteiger partial charge in [-0.15, -0.1) is 0 Å². The molecule has 0 unspecified atom stereocenters. The number of aryl methyl sites for hydroxylation is 1. The number of hydrogen-bond acceptors (Lipinski definition) is 0. The standard InChI is InChI=1S/C17H28/c1-13(2)11-12-15-9-7-8-10-16(15)17(5,6)14(3)4/h7-10,13-14H,11-12H2,1-6H3. The first-order chi connectivity index (χ1) is 7.85. The molecular weight excluding hydrogens is 204 g/mol. The molecule has 0 fully saturated rings. The fourth-order valence-corrected chi connectivity index (χ4v) is 2.12. The monoisotopic (exact) mass is 232 g/mol. The number of benzene rings is 1. The molecule has 0 aliphatic heterocycles. The zero-order valence-corrected chi connectivity index (χ0v) is 12.4. The van der Waals surface area contributed by atoms with Crippen molar-refractivity contribution in [2.45, 2.75) is 59.8 Å². The van der Waals surface area contributed by atoms with Crippen LogP contribution in [-0.2, 0) is 11.8 Å². The van der Waals surface area contributed by atoms with Crippen LogP contribution in [0.3, 0.4) is 0 Å². The van der Waals surface area contributed by atoms with Crippen LogP contribution in [0.4, 0.5) is 0 Å². The third kappa shape index (κ3) is 3.59. The summed E-state index contributed by atoms with van der Waals surface area (Å²) in [5, 5.41) is 0. The van der Waals surface area contributed by atoms with Crippen LogP contribution >= 0.6 is 0 Å². The quantitative estimate of drug-likeness (QED) is 0.654. The lowest BCUT2D eigenvalue weighted by molar-refractivity contribution is 0.368. The van der Waals surface area contributed by atoms with Crippen LogP contribution in [0.15, 0.2) is 24.3 Å². The zero-order chi connectivity index (χ0) is 13.1. The minimum absolute atomic E-state index is 0.271. The Labute approximate surface area is 107 Å². The summed E-state index contributed by atoms with van der Waals surface area (Å²) >= 11 is 0. The van der Waals surface area contributed by atoms with Crippen molar-refractivity contribution in [1.82, 2.24) is 0 Å². The minimum atomic E-state index is 0.271. The van der Waals surface area contributed by atoms with Crippen LogP contribution in [-0.4, -0.2) is 0 Å². The van der Waals surface area contributed by atoms with E-state index in [1.54, 1.807) is 5.56 Å². The Hall–Kier alpha value is -0.780. The SMILES string of the molecule is CC(C)CCc1ccccc1C(C)(C)C(C)C. The summed E-state index contributed by atoms with van der Waals surface area (Å²) < 4.78 is 0. The normalized spacial score (nSPS) is 12.5. The Balaban J connectivity index is 2.99. The van der Waals surface area contributed by atoms with E-state index in [4.69, 9.17) is 0 Å². The van der Waals surface area contributed by atoms with Crippen molar-refractivity contribution in [1.29, 1.82) is 0 Å². The van der Waals surface area contributed by atoms with Crippen LogP contribution in [0, 0.1) is 11.8 Å². The molecule has 0 aromatic heterocycles. The van der Waals surface area contributed by atoms with Crippen LogP contribution < -0.4 is 0 Å². The number of rotatable bonds is 5. The van der Waals surface area contributed by atoms with E-state index in [0.29, 0.717) is 5.92 Å². The predicted octanol–water partition coefficient (Wildman–Crippen LogP) is 5.21. The molecule has 1 rings (SSSR count). The second-order valence-corrected chi connectivity index (χ2v) is 6.47. The molecular formula is C17H28. The molecule has 1 aromatic carbocycles. The van der Waals surface area contributed by atoms with E-state index in [1.807, 2.05) is 0 Å². The lowest BCUT2D eigenvalue weighted by Gasteiger charge is -2.32. The average Bonchev–Trinajstić information content (AvgIpc) is 2.26. The first-order valence-corrected chi connectivity index (χ1v) is 6.94. The van der Waals surface area contributed by atoms with E-state index in [2.05, 4.69) is 65.8 Å². The summed E-state index contributed by atoms with van der Waals surface area (Å²) in [6.07, 6.45) is 2.50. The Morgan fingerprint density at radius 1 is 1.00 bits per heavy atom. The summed E-state index contributed by atoms with van der Waals surface area (Å²) in [4.78, 5) is 0. The van der Waals surface area contributed by atoms with Gasteiger partial charge >= 0.3 is 0 Å². The molecule has 0 aliphatic rings.